The maximum Gasteiger partial charge on any atom is 0.132 e. The van der Waals surface area contributed by atoms with Crippen LogP contribution in [0, 0.1) is 0 Å². The SMILES string of the molecule is C[N+](C)(C)c1ccc(-c2ccc(-c3ccccc3)cc2)cc1.[I-]. The molecule has 118 valence electrons. The lowest BCUT2D eigenvalue weighted by Crippen LogP contribution is -3.00. The summed E-state index contributed by atoms with van der Waals surface area (Å²) < 4.78 is 0.841. The lowest BCUT2D eigenvalue weighted by molar-refractivity contribution is -0.00000458. The van der Waals surface area contributed by atoms with Gasteiger partial charge in [-0.1, -0.05) is 54.6 Å². The van der Waals surface area contributed by atoms with Crippen molar-refractivity contribution in [3.63, 3.8) is 0 Å². The third-order valence-electron chi connectivity index (χ3n) is 3.97. The number of nitrogens with zero attached hydrogens (tertiary/aromatic N) is 1. The fourth-order valence-electron chi connectivity index (χ4n) is 2.59. The van der Waals surface area contributed by atoms with Gasteiger partial charge in [0.2, 0.25) is 0 Å². The second-order valence-corrected chi connectivity index (χ2v) is 6.50. The Morgan fingerprint density at radius 3 is 1.22 bits per heavy atom. The van der Waals surface area contributed by atoms with Crippen molar-refractivity contribution in [2.45, 2.75) is 0 Å². The van der Waals surface area contributed by atoms with Gasteiger partial charge in [0.1, 0.15) is 5.69 Å². The smallest absolute Gasteiger partial charge is 0.132 e. The minimum atomic E-state index is 0. The van der Waals surface area contributed by atoms with E-state index in [1.807, 2.05) is 6.07 Å². The number of hydrogen-bond acceptors (Lipinski definition) is 0. The van der Waals surface area contributed by atoms with Crippen LogP contribution >= 0.6 is 0 Å². The molecule has 0 aliphatic heterocycles. The van der Waals surface area contributed by atoms with Crippen molar-refractivity contribution >= 4 is 5.69 Å². The highest BCUT2D eigenvalue weighted by Crippen LogP contribution is 2.27. The molecule has 3 rings (SSSR count). The van der Waals surface area contributed by atoms with E-state index in [-0.39, 0.29) is 24.0 Å². The van der Waals surface area contributed by atoms with E-state index in [1.165, 1.54) is 27.9 Å². The lowest BCUT2D eigenvalue weighted by atomic mass is 10.00. The predicted octanol–water partition coefficient (Wildman–Crippen LogP) is 2.22. The zero-order valence-electron chi connectivity index (χ0n) is 13.8. The number of rotatable bonds is 3. The van der Waals surface area contributed by atoms with E-state index in [0.29, 0.717) is 0 Å². The fraction of sp³-hybridized carbons (Fsp3) is 0.143. The summed E-state index contributed by atoms with van der Waals surface area (Å²) in [6.07, 6.45) is 0. The number of hydrogen-bond donors (Lipinski definition) is 0. The molecule has 0 amide bonds. The van der Waals surface area contributed by atoms with Gasteiger partial charge in [0, 0.05) is 0 Å². The molecule has 0 fully saturated rings. The van der Waals surface area contributed by atoms with E-state index in [4.69, 9.17) is 0 Å². The maximum absolute atomic E-state index is 2.21. The third kappa shape index (κ3) is 4.21. The molecule has 0 spiro atoms. The minimum Gasteiger partial charge on any atom is -1.00 e. The Bertz CT molecular complexity index is 739. The Hall–Kier alpha value is -1.65. The van der Waals surface area contributed by atoms with Gasteiger partial charge < -0.3 is 24.0 Å². The monoisotopic (exact) mass is 415 g/mol. The third-order valence-corrected chi connectivity index (χ3v) is 3.97. The molecule has 1 nitrogen and oxygen atoms in total. The highest BCUT2D eigenvalue weighted by atomic mass is 127. The number of quaternary nitrogens is 1. The summed E-state index contributed by atoms with van der Waals surface area (Å²) in [7, 11) is 6.55. The Labute approximate surface area is 156 Å². The molecule has 3 aromatic carbocycles. The molecule has 23 heavy (non-hydrogen) atoms. The van der Waals surface area contributed by atoms with Crippen molar-refractivity contribution in [2.24, 2.45) is 0 Å². The van der Waals surface area contributed by atoms with Crippen molar-refractivity contribution in [3.8, 4) is 22.3 Å². The van der Waals surface area contributed by atoms with Gasteiger partial charge in [-0.15, -0.1) is 0 Å². The predicted molar refractivity (Wildman–Crippen MR) is 96.9 cm³/mol. The van der Waals surface area contributed by atoms with Gasteiger partial charge >= 0.3 is 0 Å². The fourth-order valence-corrected chi connectivity index (χ4v) is 2.59. The quantitative estimate of drug-likeness (QED) is 0.455. The van der Waals surface area contributed by atoms with Gasteiger partial charge in [0.25, 0.3) is 0 Å². The van der Waals surface area contributed by atoms with Crippen LogP contribution in [0.15, 0.2) is 78.9 Å². The lowest BCUT2D eigenvalue weighted by Gasteiger charge is -2.23. The molecule has 0 heterocycles. The van der Waals surface area contributed by atoms with Crippen molar-refractivity contribution < 1.29 is 24.0 Å². The topological polar surface area (TPSA) is 0 Å². The van der Waals surface area contributed by atoms with E-state index in [0.717, 1.165) is 4.48 Å². The van der Waals surface area contributed by atoms with Gasteiger partial charge in [-0.3, -0.25) is 4.48 Å². The van der Waals surface area contributed by atoms with Crippen LogP contribution in [0.25, 0.3) is 22.3 Å². The van der Waals surface area contributed by atoms with Crippen molar-refractivity contribution in [1.82, 2.24) is 4.48 Å². The molecule has 0 atom stereocenters. The van der Waals surface area contributed by atoms with Crippen LogP contribution in [0.5, 0.6) is 0 Å². The molecule has 2 heteroatoms. The summed E-state index contributed by atoms with van der Waals surface area (Å²) in [6.45, 7) is 0. The Kier molecular flexibility index (Phi) is 5.60. The second-order valence-electron chi connectivity index (χ2n) is 6.50. The summed E-state index contributed by atoms with van der Waals surface area (Å²) in [5.74, 6) is 0. The average Bonchev–Trinajstić information content (AvgIpc) is 2.55. The van der Waals surface area contributed by atoms with Crippen LogP contribution in [-0.2, 0) is 0 Å². The van der Waals surface area contributed by atoms with Gasteiger partial charge in [-0.05, 0) is 46.5 Å². The van der Waals surface area contributed by atoms with Gasteiger partial charge in [-0.2, -0.15) is 0 Å². The van der Waals surface area contributed by atoms with Gasteiger partial charge in [0.05, 0.1) is 21.1 Å². The highest BCUT2D eigenvalue weighted by Gasteiger charge is 2.11. The van der Waals surface area contributed by atoms with Crippen LogP contribution in [0.3, 0.4) is 0 Å². The Morgan fingerprint density at radius 1 is 0.478 bits per heavy atom. The van der Waals surface area contributed by atoms with Gasteiger partial charge in [-0.25, -0.2) is 0 Å². The standard InChI is InChI=1S/C21H22N.HI/c1-22(2,3)21-15-13-20(14-16-21)19-11-9-18(10-12-19)17-7-5-4-6-8-17;/h4-16H,1-3H3;1H/q+1;/p-1. The molecule has 0 bridgehead atoms. The normalized spacial score (nSPS) is 10.9. The van der Waals surface area contributed by atoms with Crippen LogP contribution in [0.2, 0.25) is 0 Å². The van der Waals surface area contributed by atoms with Crippen LogP contribution in [0.4, 0.5) is 5.69 Å². The molecule has 0 aliphatic rings. The zero-order valence-corrected chi connectivity index (χ0v) is 16.0. The first-order chi connectivity index (χ1) is 10.5. The largest absolute Gasteiger partial charge is 1.00 e. The van der Waals surface area contributed by atoms with E-state index in [2.05, 4.69) is 93.9 Å². The first-order valence-corrected chi connectivity index (χ1v) is 7.62. The first kappa shape index (κ1) is 17.7. The highest BCUT2D eigenvalue weighted by molar-refractivity contribution is 5.71. The molecule has 0 unspecified atom stereocenters. The summed E-state index contributed by atoms with van der Waals surface area (Å²) in [6, 6.07) is 28.1. The molecule has 3 aromatic rings. The summed E-state index contributed by atoms with van der Waals surface area (Å²) in [4.78, 5) is 0. The minimum absolute atomic E-state index is 0. The van der Waals surface area contributed by atoms with Gasteiger partial charge in [0.15, 0.2) is 0 Å². The molecule has 0 saturated heterocycles. The van der Waals surface area contributed by atoms with Crippen molar-refractivity contribution in [1.29, 1.82) is 0 Å². The van der Waals surface area contributed by atoms with E-state index in [1.54, 1.807) is 0 Å². The number of halogens is 1. The maximum atomic E-state index is 2.21. The van der Waals surface area contributed by atoms with Crippen LogP contribution < -0.4 is 28.5 Å². The zero-order chi connectivity index (χ0) is 15.6. The van der Waals surface area contributed by atoms with E-state index >= 15 is 0 Å². The number of benzene rings is 3. The summed E-state index contributed by atoms with van der Waals surface area (Å²) in [5.41, 5.74) is 6.34. The molecule has 0 aliphatic carbocycles. The van der Waals surface area contributed by atoms with E-state index < -0.39 is 0 Å². The first-order valence-electron chi connectivity index (χ1n) is 7.62. The Morgan fingerprint density at radius 2 is 0.826 bits per heavy atom. The molecule has 0 saturated carbocycles. The average molecular weight is 415 g/mol. The second kappa shape index (κ2) is 7.28. The van der Waals surface area contributed by atoms with Crippen molar-refractivity contribution in [3.05, 3.63) is 78.9 Å². The van der Waals surface area contributed by atoms with Crippen molar-refractivity contribution in [2.75, 3.05) is 21.1 Å². The molecular weight excluding hydrogens is 393 g/mol. The molecule has 0 N–H and O–H groups in total. The summed E-state index contributed by atoms with van der Waals surface area (Å²) >= 11 is 0. The molecule has 0 aromatic heterocycles. The van der Waals surface area contributed by atoms with Crippen LogP contribution in [0.1, 0.15) is 0 Å². The molecular formula is C21H22IN. The molecule has 0 radical (unpaired) electrons. The Balaban J connectivity index is 0.00000192. The van der Waals surface area contributed by atoms with Crippen LogP contribution in [-0.4, -0.2) is 21.1 Å². The van der Waals surface area contributed by atoms with E-state index in [9.17, 15) is 0 Å². The summed E-state index contributed by atoms with van der Waals surface area (Å²) in [5, 5.41) is 0.